The first-order valence-corrected chi connectivity index (χ1v) is 5.50. The number of aryl methyl sites for hydroxylation is 2. The van der Waals surface area contributed by atoms with Crippen molar-refractivity contribution in [3.8, 4) is 0 Å². The zero-order chi connectivity index (χ0) is 12.8. The minimum Gasteiger partial charge on any atom is -0.211 e. The molecule has 17 heavy (non-hydrogen) atoms. The molecule has 0 radical (unpaired) electrons. The molecule has 0 amide bonds. The number of benzene rings is 1. The van der Waals surface area contributed by atoms with Crippen LogP contribution < -0.4 is 0 Å². The summed E-state index contributed by atoms with van der Waals surface area (Å²) in [6, 6.07) is 1.89. The minimum atomic E-state index is 0.564. The average molecular weight is 230 g/mol. The van der Waals surface area contributed by atoms with Crippen LogP contribution in [0.15, 0.2) is 16.1 Å². The summed E-state index contributed by atoms with van der Waals surface area (Å²) < 4.78 is 0. The van der Waals surface area contributed by atoms with Gasteiger partial charge in [-0.2, -0.15) is 9.98 Å². The van der Waals surface area contributed by atoms with Crippen molar-refractivity contribution in [3.05, 3.63) is 22.8 Å². The van der Waals surface area contributed by atoms with E-state index < -0.39 is 0 Å². The van der Waals surface area contributed by atoms with Crippen molar-refractivity contribution in [2.75, 3.05) is 0 Å². The van der Waals surface area contributed by atoms with Gasteiger partial charge >= 0.3 is 0 Å². The van der Waals surface area contributed by atoms with E-state index in [0.29, 0.717) is 17.8 Å². The van der Waals surface area contributed by atoms with Crippen LogP contribution in [0.2, 0.25) is 0 Å². The van der Waals surface area contributed by atoms with E-state index in [0.717, 1.165) is 23.1 Å². The molecule has 88 valence electrons. The number of isocyanates is 2. The van der Waals surface area contributed by atoms with E-state index in [1.54, 1.807) is 12.2 Å². The molecule has 0 aliphatic rings. The summed E-state index contributed by atoms with van der Waals surface area (Å²) in [5.41, 5.74) is 3.81. The quantitative estimate of drug-likeness (QED) is 0.589. The Bertz CT molecular complexity index is 523. The molecule has 0 aliphatic heterocycles. The Morgan fingerprint density at radius 2 is 1.65 bits per heavy atom. The van der Waals surface area contributed by atoms with Crippen LogP contribution in [-0.4, -0.2) is 12.2 Å². The average Bonchev–Trinajstić information content (AvgIpc) is 2.33. The zero-order valence-electron chi connectivity index (χ0n) is 10.2. The molecular formula is C13H14N2O2. The topological polar surface area (TPSA) is 58.9 Å². The Balaban J connectivity index is 3.70. The van der Waals surface area contributed by atoms with E-state index in [4.69, 9.17) is 0 Å². The normalized spacial score (nSPS) is 9.35. The van der Waals surface area contributed by atoms with Crippen molar-refractivity contribution in [1.82, 2.24) is 0 Å². The predicted molar refractivity (Wildman–Crippen MR) is 65.5 cm³/mol. The van der Waals surface area contributed by atoms with Crippen LogP contribution in [0, 0.1) is 6.92 Å². The van der Waals surface area contributed by atoms with Gasteiger partial charge in [-0.25, -0.2) is 9.59 Å². The van der Waals surface area contributed by atoms with Crippen molar-refractivity contribution < 1.29 is 9.59 Å². The highest BCUT2D eigenvalue weighted by molar-refractivity contribution is 5.71. The molecule has 0 spiro atoms. The lowest BCUT2D eigenvalue weighted by Crippen LogP contribution is -1.93. The molecule has 1 rings (SSSR count). The molecule has 4 heteroatoms. The van der Waals surface area contributed by atoms with Crippen molar-refractivity contribution in [1.29, 1.82) is 0 Å². The van der Waals surface area contributed by atoms with E-state index in [1.165, 1.54) is 0 Å². The van der Waals surface area contributed by atoms with Crippen LogP contribution in [-0.2, 0) is 22.4 Å². The van der Waals surface area contributed by atoms with Gasteiger partial charge in [0.25, 0.3) is 0 Å². The fourth-order valence-corrected chi connectivity index (χ4v) is 1.93. The monoisotopic (exact) mass is 230 g/mol. The Labute approximate surface area is 100 Å². The summed E-state index contributed by atoms with van der Waals surface area (Å²) in [4.78, 5) is 28.3. The second-order valence-corrected chi connectivity index (χ2v) is 3.64. The van der Waals surface area contributed by atoms with Gasteiger partial charge in [0.2, 0.25) is 12.2 Å². The third-order valence-electron chi connectivity index (χ3n) is 2.69. The Morgan fingerprint density at radius 1 is 1.06 bits per heavy atom. The van der Waals surface area contributed by atoms with Gasteiger partial charge in [0.05, 0.1) is 11.4 Å². The molecular weight excluding hydrogens is 216 g/mol. The van der Waals surface area contributed by atoms with Gasteiger partial charge < -0.3 is 0 Å². The molecule has 0 aliphatic carbocycles. The van der Waals surface area contributed by atoms with Crippen LogP contribution in [0.1, 0.15) is 30.5 Å². The lowest BCUT2D eigenvalue weighted by atomic mass is 9.97. The second-order valence-electron chi connectivity index (χ2n) is 3.64. The standard InChI is InChI=1S/C13H14N2O2/c1-4-10-6-9(3)12(14-7-16)11(5-2)13(10)15-8-17/h6H,4-5H2,1-3H3. The summed E-state index contributed by atoms with van der Waals surface area (Å²) >= 11 is 0. The van der Waals surface area contributed by atoms with Gasteiger partial charge in [0, 0.05) is 5.56 Å². The van der Waals surface area contributed by atoms with Gasteiger partial charge in [-0.3, -0.25) is 0 Å². The number of nitrogens with zero attached hydrogens (tertiary/aromatic N) is 2. The molecule has 0 N–H and O–H groups in total. The molecule has 0 heterocycles. The first-order chi connectivity index (χ1) is 8.19. The number of rotatable bonds is 4. The summed E-state index contributed by atoms with van der Waals surface area (Å²) in [7, 11) is 0. The Hall–Kier alpha value is -2.02. The fourth-order valence-electron chi connectivity index (χ4n) is 1.93. The number of aliphatic imine (C=N–C) groups is 2. The molecule has 0 saturated heterocycles. The lowest BCUT2D eigenvalue weighted by Gasteiger charge is -2.12. The molecule has 1 aromatic carbocycles. The summed E-state index contributed by atoms with van der Waals surface area (Å²) in [6.45, 7) is 5.80. The van der Waals surface area contributed by atoms with Gasteiger partial charge in [-0.15, -0.1) is 0 Å². The van der Waals surface area contributed by atoms with Crippen LogP contribution in [0.3, 0.4) is 0 Å². The predicted octanol–water partition coefficient (Wildman–Crippen LogP) is 3.05. The third-order valence-corrected chi connectivity index (χ3v) is 2.69. The fraction of sp³-hybridized carbons (Fsp3) is 0.385. The molecule has 0 bridgehead atoms. The number of hydrogen-bond acceptors (Lipinski definition) is 4. The SMILES string of the molecule is CCc1cc(C)c(N=C=O)c(CC)c1N=C=O. The van der Waals surface area contributed by atoms with E-state index in [1.807, 2.05) is 26.8 Å². The largest absolute Gasteiger partial charge is 0.240 e. The summed E-state index contributed by atoms with van der Waals surface area (Å²) in [6.07, 6.45) is 4.51. The molecule has 0 saturated carbocycles. The van der Waals surface area contributed by atoms with E-state index >= 15 is 0 Å². The highest BCUT2D eigenvalue weighted by Crippen LogP contribution is 2.36. The minimum absolute atomic E-state index is 0.564. The van der Waals surface area contributed by atoms with Crippen LogP contribution >= 0.6 is 0 Å². The van der Waals surface area contributed by atoms with Crippen LogP contribution in [0.25, 0.3) is 0 Å². The van der Waals surface area contributed by atoms with E-state index in [-0.39, 0.29) is 0 Å². The third kappa shape index (κ3) is 2.56. The molecule has 1 aromatic rings. The van der Waals surface area contributed by atoms with E-state index in [9.17, 15) is 9.59 Å². The molecule has 4 nitrogen and oxygen atoms in total. The molecule has 0 atom stereocenters. The van der Waals surface area contributed by atoms with Crippen molar-refractivity contribution in [2.24, 2.45) is 9.98 Å². The summed E-state index contributed by atoms with van der Waals surface area (Å²) in [5, 5.41) is 0. The Kier molecular flexibility index (Phi) is 4.53. The van der Waals surface area contributed by atoms with Gasteiger partial charge in [-0.1, -0.05) is 19.9 Å². The van der Waals surface area contributed by atoms with Gasteiger partial charge in [0.15, 0.2) is 0 Å². The summed E-state index contributed by atoms with van der Waals surface area (Å²) in [5.74, 6) is 0. The first kappa shape index (κ1) is 13.0. The maximum absolute atomic E-state index is 10.5. The smallest absolute Gasteiger partial charge is 0.211 e. The van der Waals surface area contributed by atoms with Crippen molar-refractivity contribution in [3.63, 3.8) is 0 Å². The highest BCUT2D eigenvalue weighted by atomic mass is 16.1. The highest BCUT2D eigenvalue weighted by Gasteiger charge is 2.13. The van der Waals surface area contributed by atoms with Crippen molar-refractivity contribution in [2.45, 2.75) is 33.6 Å². The molecule has 0 fully saturated rings. The number of hydrogen-bond donors (Lipinski definition) is 0. The Morgan fingerprint density at radius 3 is 2.12 bits per heavy atom. The van der Waals surface area contributed by atoms with E-state index in [2.05, 4.69) is 9.98 Å². The maximum Gasteiger partial charge on any atom is 0.240 e. The lowest BCUT2D eigenvalue weighted by molar-refractivity contribution is 0.564. The zero-order valence-corrected chi connectivity index (χ0v) is 10.2. The maximum atomic E-state index is 10.5. The van der Waals surface area contributed by atoms with Gasteiger partial charge in [0.1, 0.15) is 0 Å². The molecule has 0 unspecified atom stereocenters. The van der Waals surface area contributed by atoms with Crippen molar-refractivity contribution >= 4 is 23.5 Å². The number of carbonyl (C=O) groups excluding carboxylic acids is 2. The second kappa shape index (κ2) is 5.90. The molecule has 0 aromatic heterocycles. The first-order valence-electron chi connectivity index (χ1n) is 5.50. The van der Waals surface area contributed by atoms with Gasteiger partial charge in [-0.05, 0) is 30.9 Å². The van der Waals surface area contributed by atoms with Crippen LogP contribution in [0.5, 0.6) is 0 Å². The van der Waals surface area contributed by atoms with Crippen LogP contribution in [0.4, 0.5) is 11.4 Å².